The van der Waals surface area contributed by atoms with E-state index in [1.807, 2.05) is 31.2 Å². The third kappa shape index (κ3) is 2.85. The smallest absolute Gasteiger partial charge is 0.181 e. The Morgan fingerprint density at radius 1 is 1.35 bits per heavy atom. The fourth-order valence-corrected chi connectivity index (χ4v) is 2.73. The molecule has 0 saturated heterocycles. The quantitative estimate of drug-likeness (QED) is 0.730. The van der Waals surface area contributed by atoms with Crippen LogP contribution in [0.3, 0.4) is 0 Å². The zero-order valence-corrected chi connectivity index (χ0v) is 13.1. The predicted molar refractivity (Wildman–Crippen MR) is 86.4 cm³/mol. The summed E-state index contributed by atoms with van der Waals surface area (Å²) in [7, 11) is 0. The molecule has 2 heterocycles. The van der Waals surface area contributed by atoms with E-state index in [0.29, 0.717) is 17.8 Å². The van der Waals surface area contributed by atoms with Crippen LogP contribution in [0.1, 0.15) is 41.6 Å². The first-order chi connectivity index (χ1) is 11.1. The molecule has 0 bridgehead atoms. The molecule has 0 spiro atoms. The van der Waals surface area contributed by atoms with Crippen molar-refractivity contribution in [1.82, 2.24) is 20.0 Å². The highest BCUT2D eigenvalue weighted by atomic mass is 16.3. The van der Waals surface area contributed by atoms with Gasteiger partial charge in [0.15, 0.2) is 11.5 Å². The van der Waals surface area contributed by atoms with Gasteiger partial charge in [-0.05, 0) is 30.7 Å². The summed E-state index contributed by atoms with van der Waals surface area (Å²) < 4.78 is 1.71. The summed E-state index contributed by atoms with van der Waals surface area (Å²) in [6, 6.07) is 9.84. The van der Waals surface area contributed by atoms with Crippen LogP contribution < -0.4 is 0 Å². The molecule has 0 radical (unpaired) electrons. The van der Waals surface area contributed by atoms with Crippen molar-refractivity contribution in [1.29, 1.82) is 0 Å². The van der Waals surface area contributed by atoms with Crippen LogP contribution in [0.2, 0.25) is 0 Å². The van der Waals surface area contributed by atoms with Gasteiger partial charge in [-0.3, -0.25) is 9.78 Å². The second kappa shape index (κ2) is 6.26. The minimum absolute atomic E-state index is 0.0536. The van der Waals surface area contributed by atoms with Crippen LogP contribution in [0, 0.1) is 0 Å². The Labute approximate surface area is 133 Å². The van der Waals surface area contributed by atoms with E-state index in [1.54, 1.807) is 10.9 Å². The number of aromatic nitrogens is 4. The number of fused-ring (bicyclic) bond motifs is 1. The molecule has 0 amide bonds. The molecule has 3 rings (SSSR count). The van der Waals surface area contributed by atoms with Gasteiger partial charge in [-0.2, -0.15) is 0 Å². The average molecular weight is 310 g/mol. The summed E-state index contributed by atoms with van der Waals surface area (Å²) in [5.41, 5.74) is 2.97. The van der Waals surface area contributed by atoms with Gasteiger partial charge in [-0.15, -0.1) is 5.10 Å². The molecule has 1 N–H and O–H groups in total. The van der Waals surface area contributed by atoms with Crippen molar-refractivity contribution >= 4 is 16.7 Å². The lowest BCUT2D eigenvalue weighted by Gasteiger charge is -2.16. The molecule has 3 aromatic rings. The number of pyridine rings is 1. The highest BCUT2D eigenvalue weighted by Gasteiger charge is 2.20. The molecule has 0 aliphatic carbocycles. The Balaban J connectivity index is 2.04. The van der Waals surface area contributed by atoms with Gasteiger partial charge in [-0.1, -0.05) is 17.3 Å². The van der Waals surface area contributed by atoms with Gasteiger partial charge < -0.3 is 5.11 Å². The minimum Gasteiger partial charge on any atom is -0.396 e. The average Bonchev–Trinajstić information content (AvgIpc) is 2.98. The highest BCUT2D eigenvalue weighted by molar-refractivity contribution is 5.93. The van der Waals surface area contributed by atoms with E-state index >= 15 is 0 Å². The SMILES string of the molecule is CC(=O)c1nnn(C(C)c2ccc3ncccc3c2)c1CCO. The Morgan fingerprint density at radius 2 is 2.17 bits per heavy atom. The summed E-state index contributed by atoms with van der Waals surface area (Å²) in [6.07, 6.45) is 2.11. The molecule has 118 valence electrons. The maximum absolute atomic E-state index is 11.7. The van der Waals surface area contributed by atoms with Gasteiger partial charge in [-0.25, -0.2) is 4.68 Å². The van der Waals surface area contributed by atoms with E-state index < -0.39 is 0 Å². The van der Waals surface area contributed by atoms with Crippen molar-refractivity contribution in [3.05, 3.63) is 53.5 Å². The second-order valence-corrected chi connectivity index (χ2v) is 5.49. The molecule has 6 nitrogen and oxygen atoms in total. The number of rotatable bonds is 5. The van der Waals surface area contributed by atoms with Gasteiger partial charge in [0.25, 0.3) is 0 Å². The summed E-state index contributed by atoms with van der Waals surface area (Å²) in [4.78, 5) is 16.0. The Morgan fingerprint density at radius 3 is 2.91 bits per heavy atom. The van der Waals surface area contributed by atoms with Crippen LogP contribution >= 0.6 is 0 Å². The van der Waals surface area contributed by atoms with Crippen molar-refractivity contribution in [2.24, 2.45) is 0 Å². The van der Waals surface area contributed by atoms with Crippen LogP contribution in [-0.2, 0) is 6.42 Å². The van der Waals surface area contributed by atoms with Crippen molar-refractivity contribution < 1.29 is 9.90 Å². The predicted octanol–water partition coefficient (Wildman–Crippen LogP) is 2.17. The number of ketones is 1. The largest absolute Gasteiger partial charge is 0.396 e. The third-order valence-corrected chi connectivity index (χ3v) is 3.95. The number of aliphatic hydroxyl groups is 1. The van der Waals surface area contributed by atoms with Crippen molar-refractivity contribution in [3.8, 4) is 0 Å². The van der Waals surface area contributed by atoms with E-state index in [-0.39, 0.29) is 18.4 Å². The zero-order chi connectivity index (χ0) is 16.4. The van der Waals surface area contributed by atoms with Crippen molar-refractivity contribution in [2.45, 2.75) is 26.3 Å². The van der Waals surface area contributed by atoms with Gasteiger partial charge in [0, 0.05) is 31.5 Å². The second-order valence-electron chi connectivity index (χ2n) is 5.49. The number of nitrogens with zero attached hydrogens (tertiary/aromatic N) is 4. The number of Topliss-reactive ketones (excluding diaryl/α,β-unsaturated/α-hetero) is 1. The fourth-order valence-electron chi connectivity index (χ4n) is 2.73. The summed E-state index contributed by atoms with van der Waals surface area (Å²) >= 11 is 0. The number of hydrogen-bond acceptors (Lipinski definition) is 5. The molecule has 1 atom stereocenters. The lowest BCUT2D eigenvalue weighted by Crippen LogP contribution is -2.14. The van der Waals surface area contributed by atoms with Crippen LogP contribution in [-0.4, -0.2) is 37.5 Å². The zero-order valence-electron chi connectivity index (χ0n) is 13.1. The fraction of sp³-hybridized carbons (Fsp3) is 0.294. The van der Waals surface area contributed by atoms with E-state index in [1.165, 1.54) is 6.92 Å². The molecular weight excluding hydrogens is 292 g/mol. The molecule has 1 unspecified atom stereocenters. The van der Waals surface area contributed by atoms with E-state index in [9.17, 15) is 9.90 Å². The highest BCUT2D eigenvalue weighted by Crippen LogP contribution is 2.23. The first-order valence-corrected chi connectivity index (χ1v) is 7.52. The lowest BCUT2D eigenvalue weighted by atomic mass is 10.0. The van der Waals surface area contributed by atoms with Gasteiger partial charge in [0.1, 0.15) is 0 Å². The maximum atomic E-state index is 11.7. The summed E-state index contributed by atoms with van der Waals surface area (Å²) in [5, 5.41) is 18.4. The molecule has 0 fully saturated rings. The number of benzene rings is 1. The number of carbonyl (C=O) groups is 1. The molecule has 2 aromatic heterocycles. The van der Waals surface area contributed by atoms with Crippen LogP contribution in [0.15, 0.2) is 36.5 Å². The molecule has 0 aliphatic rings. The van der Waals surface area contributed by atoms with Crippen LogP contribution in [0.25, 0.3) is 10.9 Å². The van der Waals surface area contributed by atoms with E-state index in [0.717, 1.165) is 16.5 Å². The van der Waals surface area contributed by atoms with E-state index in [4.69, 9.17) is 0 Å². The number of hydrogen-bond donors (Lipinski definition) is 1. The van der Waals surface area contributed by atoms with Crippen molar-refractivity contribution in [2.75, 3.05) is 6.61 Å². The molecule has 0 saturated carbocycles. The van der Waals surface area contributed by atoms with Gasteiger partial charge >= 0.3 is 0 Å². The number of carbonyl (C=O) groups excluding carboxylic acids is 1. The molecule has 1 aromatic carbocycles. The Hall–Kier alpha value is -2.60. The minimum atomic E-state index is -0.144. The molecular formula is C17H18N4O2. The Kier molecular flexibility index (Phi) is 4.16. The summed E-state index contributed by atoms with van der Waals surface area (Å²) in [6.45, 7) is 3.40. The van der Waals surface area contributed by atoms with Gasteiger partial charge in [0.05, 0.1) is 17.3 Å². The van der Waals surface area contributed by atoms with Crippen LogP contribution in [0.4, 0.5) is 0 Å². The first-order valence-electron chi connectivity index (χ1n) is 7.52. The standard InChI is InChI=1S/C17H18N4O2/c1-11(13-5-6-15-14(10-13)4-3-8-18-15)21-16(7-9-22)17(12(2)23)19-20-21/h3-6,8,10-11,22H,7,9H2,1-2H3. The normalized spacial score (nSPS) is 12.5. The summed E-state index contributed by atoms with van der Waals surface area (Å²) in [5.74, 6) is -0.144. The lowest BCUT2D eigenvalue weighted by molar-refractivity contribution is 0.101. The number of aliphatic hydroxyl groups excluding tert-OH is 1. The van der Waals surface area contributed by atoms with Crippen molar-refractivity contribution in [3.63, 3.8) is 0 Å². The topological polar surface area (TPSA) is 80.9 Å². The molecule has 23 heavy (non-hydrogen) atoms. The first kappa shape index (κ1) is 15.3. The third-order valence-electron chi connectivity index (χ3n) is 3.95. The monoisotopic (exact) mass is 310 g/mol. The molecule has 6 heteroatoms. The maximum Gasteiger partial charge on any atom is 0.181 e. The van der Waals surface area contributed by atoms with Gasteiger partial charge in [0.2, 0.25) is 0 Å². The molecule has 0 aliphatic heterocycles. The van der Waals surface area contributed by atoms with E-state index in [2.05, 4.69) is 21.4 Å². The van der Waals surface area contributed by atoms with Crippen LogP contribution in [0.5, 0.6) is 0 Å². The Bertz CT molecular complexity index is 857.